The maximum Gasteiger partial charge on any atom is 0.159 e. The highest BCUT2D eigenvalue weighted by Gasteiger charge is 2.18. The van der Waals surface area contributed by atoms with Gasteiger partial charge in [0.2, 0.25) is 0 Å². The van der Waals surface area contributed by atoms with Gasteiger partial charge < -0.3 is 4.57 Å². The number of aryl methyl sites for hydroxylation is 2. The monoisotopic (exact) mass is 251 g/mol. The lowest BCUT2D eigenvalue weighted by Crippen LogP contribution is -1.94. The molecular formula is C15H13N3O. The molecule has 0 radical (unpaired) electrons. The Bertz CT molecular complexity index is 760. The molecule has 2 aromatic heterocycles. The number of benzene rings is 1. The van der Waals surface area contributed by atoms with Crippen molar-refractivity contribution in [1.29, 1.82) is 0 Å². The molecule has 0 saturated heterocycles. The van der Waals surface area contributed by atoms with Crippen molar-refractivity contribution in [3.8, 4) is 11.3 Å². The number of aromatic nitrogens is 3. The molecule has 0 atom stereocenters. The molecule has 3 rings (SSSR count). The summed E-state index contributed by atoms with van der Waals surface area (Å²) in [5, 5.41) is 0. The van der Waals surface area contributed by atoms with Crippen LogP contribution in [0, 0.1) is 6.92 Å². The van der Waals surface area contributed by atoms with Gasteiger partial charge >= 0.3 is 0 Å². The molecule has 4 nitrogen and oxygen atoms in total. The number of carbonyl (C=O) groups is 1. The third kappa shape index (κ3) is 1.73. The highest BCUT2D eigenvalue weighted by atomic mass is 16.1. The summed E-state index contributed by atoms with van der Waals surface area (Å²) in [4.78, 5) is 20.3. The summed E-state index contributed by atoms with van der Waals surface area (Å²) in [6, 6.07) is 9.82. The third-order valence-electron chi connectivity index (χ3n) is 3.20. The zero-order valence-electron chi connectivity index (χ0n) is 10.8. The molecule has 4 heteroatoms. The van der Waals surface area contributed by atoms with Crippen molar-refractivity contribution in [3.05, 3.63) is 47.8 Å². The Labute approximate surface area is 110 Å². The number of hydrogen-bond acceptors (Lipinski definition) is 3. The van der Waals surface area contributed by atoms with Crippen LogP contribution in [0.25, 0.3) is 22.4 Å². The largest absolute Gasteiger partial charge is 0.326 e. The van der Waals surface area contributed by atoms with Crippen LogP contribution < -0.4 is 0 Å². The molecular weight excluding hydrogens is 238 g/mol. The minimum absolute atomic E-state index is 0.597. The summed E-state index contributed by atoms with van der Waals surface area (Å²) in [5.74, 6) is 0. The lowest BCUT2D eigenvalue weighted by Gasteiger charge is -2.04. The first kappa shape index (κ1) is 11.6. The number of hydrogen-bond donors (Lipinski definition) is 0. The minimum atomic E-state index is 0.597. The van der Waals surface area contributed by atoms with E-state index < -0.39 is 0 Å². The van der Waals surface area contributed by atoms with Crippen molar-refractivity contribution >= 4 is 17.5 Å². The van der Waals surface area contributed by atoms with E-state index in [2.05, 4.69) is 9.97 Å². The van der Waals surface area contributed by atoms with Gasteiger partial charge in [0, 0.05) is 7.05 Å². The van der Waals surface area contributed by atoms with E-state index in [0.717, 1.165) is 28.9 Å². The van der Waals surface area contributed by atoms with Gasteiger partial charge in [0.15, 0.2) is 11.9 Å². The molecule has 94 valence electrons. The topological polar surface area (TPSA) is 47.8 Å². The zero-order valence-corrected chi connectivity index (χ0v) is 10.8. The van der Waals surface area contributed by atoms with E-state index in [1.165, 1.54) is 0 Å². The van der Waals surface area contributed by atoms with Crippen LogP contribution in [0.2, 0.25) is 0 Å². The first-order chi connectivity index (χ1) is 9.22. The van der Waals surface area contributed by atoms with Crippen LogP contribution >= 0.6 is 0 Å². The van der Waals surface area contributed by atoms with E-state index >= 15 is 0 Å². The fourth-order valence-electron chi connectivity index (χ4n) is 2.35. The SMILES string of the molecule is Cc1cnc2c(n1)c(C=O)c(-c1ccccc1)n2C. The lowest BCUT2D eigenvalue weighted by molar-refractivity contribution is 0.112. The summed E-state index contributed by atoms with van der Waals surface area (Å²) in [6.45, 7) is 1.87. The molecule has 19 heavy (non-hydrogen) atoms. The van der Waals surface area contributed by atoms with Crippen molar-refractivity contribution in [2.75, 3.05) is 0 Å². The lowest BCUT2D eigenvalue weighted by atomic mass is 10.1. The average Bonchev–Trinajstić information content (AvgIpc) is 2.71. The molecule has 0 spiro atoms. The molecule has 0 aliphatic carbocycles. The van der Waals surface area contributed by atoms with Crippen LogP contribution in [-0.4, -0.2) is 20.8 Å². The summed E-state index contributed by atoms with van der Waals surface area (Å²) in [7, 11) is 1.90. The van der Waals surface area contributed by atoms with Gasteiger partial charge in [-0.3, -0.25) is 4.79 Å². The molecule has 0 N–H and O–H groups in total. The van der Waals surface area contributed by atoms with Crippen molar-refractivity contribution < 1.29 is 4.79 Å². The summed E-state index contributed by atoms with van der Waals surface area (Å²) in [6.07, 6.45) is 2.57. The number of aldehydes is 1. The van der Waals surface area contributed by atoms with Crippen LogP contribution in [0.1, 0.15) is 16.1 Å². The predicted molar refractivity (Wildman–Crippen MR) is 74.1 cm³/mol. The summed E-state index contributed by atoms with van der Waals surface area (Å²) >= 11 is 0. The van der Waals surface area contributed by atoms with E-state index in [0.29, 0.717) is 11.1 Å². The molecule has 1 aromatic carbocycles. The van der Waals surface area contributed by atoms with E-state index in [-0.39, 0.29) is 0 Å². The van der Waals surface area contributed by atoms with Crippen LogP contribution in [0.3, 0.4) is 0 Å². The molecule has 0 bridgehead atoms. The maximum absolute atomic E-state index is 11.5. The Morgan fingerprint density at radius 2 is 1.95 bits per heavy atom. The second kappa shape index (κ2) is 4.31. The molecule has 0 fully saturated rings. The standard InChI is InChI=1S/C15H13N3O/c1-10-8-16-15-13(17-10)12(9-19)14(18(15)2)11-6-4-3-5-7-11/h3-9H,1-2H3. The van der Waals surface area contributed by atoms with Crippen LogP contribution in [0.4, 0.5) is 0 Å². The number of fused-ring (bicyclic) bond motifs is 1. The van der Waals surface area contributed by atoms with E-state index in [1.54, 1.807) is 6.20 Å². The predicted octanol–water partition coefficient (Wildman–Crippen LogP) is 2.76. The average molecular weight is 251 g/mol. The van der Waals surface area contributed by atoms with Gasteiger partial charge in [-0.15, -0.1) is 0 Å². The molecule has 3 aromatic rings. The van der Waals surface area contributed by atoms with Gasteiger partial charge in [-0.05, 0) is 12.5 Å². The fourth-order valence-corrected chi connectivity index (χ4v) is 2.35. The smallest absolute Gasteiger partial charge is 0.159 e. The Balaban J connectivity index is 2.42. The molecule has 0 aliphatic heterocycles. The number of nitrogens with zero attached hydrogens (tertiary/aromatic N) is 3. The van der Waals surface area contributed by atoms with Crippen LogP contribution in [-0.2, 0) is 7.05 Å². The van der Waals surface area contributed by atoms with Gasteiger partial charge in [0.1, 0.15) is 5.52 Å². The molecule has 0 aliphatic rings. The van der Waals surface area contributed by atoms with Gasteiger partial charge in [0.05, 0.1) is 23.1 Å². The van der Waals surface area contributed by atoms with Crippen molar-refractivity contribution in [1.82, 2.24) is 14.5 Å². The number of rotatable bonds is 2. The zero-order chi connectivity index (χ0) is 13.4. The number of carbonyl (C=O) groups excluding carboxylic acids is 1. The van der Waals surface area contributed by atoms with E-state index in [1.807, 2.05) is 48.9 Å². The fraction of sp³-hybridized carbons (Fsp3) is 0.133. The highest BCUT2D eigenvalue weighted by molar-refractivity contribution is 6.01. The van der Waals surface area contributed by atoms with Crippen molar-refractivity contribution in [3.63, 3.8) is 0 Å². The van der Waals surface area contributed by atoms with E-state index in [4.69, 9.17) is 0 Å². The Morgan fingerprint density at radius 1 is 1.21 bits per heavy atom. The second-order valence-corrected chi connectivity index (χ2v) is 4.49. The summed E-state index contributed by atoms with van der Waals surface area (Å²) in [5.41, 5.74) is 4.64. The first-order valence-electron chi connectivity index (χ1n) is 6.05. The van der Waals surface area contributed by atoms with Gasteiger partial charge in [-0.25, -0.2) is 9.97 Å². The Morgan fingerprint density at radius 3 is 2.63 bits per heavy atom. The third-order valence-corrected chi connectivity index (χ3v) is 3.20. The second-order valence-electron chi connectivity index (χ2n) is 4.49. The van der Waals surface area contributed by atoms with Crippen molar-refractivity contribution in [2.24, 2.45) is 7.05 Å². The Kier molecular flexibility index (Phi) is 2.63. The van der Waals surface area contributed by atoms with E-state index in [9.17, 15) is 4.79 Å². The normalized spacial score (nSPS) is 10.8. The summed E-state index contributed by atoms with van der Waals surface area (Å²) < 4.78 is 1.92. The molecule has 0 unspecified atom stereocenters. The van der Waals surface area contributed by atoms with Gasteiger partial charge in [0.25, 0.3) is 0 Å². The molecule has 0 saturated carbocycles. The highest BCUT2D eigenvalue weighted by Crippen LogP contribution is 2.29. The maximum atomic E-state index is 11.5. The van der Waals surface area contributed by atoms with Gasteiger partial charge in [-0.1, -0.05) is 30.3 Å². The molecule has 0 amide bonds. The van der Waals surface area contributed by atoms with Crippen LogP contribution in [0.5, 0.6) is 0 Å². The Hall–Kier alpha value is -2.49. The van der Waals surface area contributed by atoms with Gasteiger partial charge in [-0.2, -0.15) is 0 Å². The molecule has 2 heterocycles. The first-order valence-corrected chi connectivity index (χ1v) is 6.05. The quantitative estimate of drug-likeness (QED) is 0.658. The van der Waals surface area contributed by atoms with Crippen molar-refractivity contribution in [2.45, 2.75) is 6.92 Å². The minimum Gasteiger partial charge on any atom is -0.326 e. The van der Waals surface area contributed by atoms with Crippen LogP contribution in [0.15, 0.2) is 36.5 Å².